The molecule has 0 aromatic carbocycles. The highest BCUT2D eigenvalue weighted by molar-refractivity contribution is 5.93. The molecule has 15 heavy (non-hydrogen) atoms. The van der Waals surface area contributed by atoms with Gasteiger partial charge in [-0.3, -0.25) is 9.59 Å². The average Bonchev–Trinajstić information content (AvgIpc) is 2.16. The maximum Gasteiger partial charge on any atom is 0.313 e. The summed E-state index contributed by atoms with van der Waals surface area (Å²) in [6.07, 6.45) is 0. The van der Waals surface area contributed by atoms with E-state index >= 15 is 0 Å². The SMILES string of the molecule is CCN[C@@](C)(C(C)=O)C(C)(C)C(=O)OC. The zero-order valence-corrected chi connectivity index (χ0v) is 10.4. The number of hydrogen-bond donors (Lipinski definition) is 1. The Hall–Kier alpha value is -0.900. The van der Waals surface area contributed by atoms with Crippen LogP contribution in [0.3, 0.4) is 0 Å². The molecule has 0 aliphatic heterocycles. The van der Waals surface area contributed by atoms with Crippen LogP contribution < -0.4 is 5.32 Å². The van der Waals surface area contributed by atoms with Gasteiger partial charge >= 0.3 is 5.97 Å². The van der Waals surface area contributed by atoms with Gasteiger partial charge in [-0.15, -0.1) is 0 Å². The molecular formula is C11H21NO3. The molecule has 0 bridgehead atoms. The lowest BCUT2D eigenvalue weighted by Gasteiger charge is -2.40. The summed E-state index contributed by atoms with van der Waals surface area (Å²) in [6, 6.07) is 0. The average molecular weight is 215 g/mol. The molecule has 4 nitrogen and oxygen atoms in total. The van der Waals surface area contributed by atoms with E-state index in [1.165, 1.54) is 14.0 Å². The Morgan fingerprint density at radius 1 is 1.27 bits per heavy atom. The number of nitrogens with one attached hydrogen (secondary N) is 1. The smallest absolute Gasteiger partial charge is 0.313 e. The van der Waals surface area contributed by atoms with Crippen molar-refractivity contribution >= 4 is 11.8 Å². The fourth-order valence-corrected chi connectivity index (χ4v) is 1.60. The maximum atomic E-state index is 11.7. The van der Waals surface area contributed by atoms with Crippen LogP contribution >= 0.6 is 0 Å². The minimum atomic E-state index is -0.894. The summed E-state index contributed by atoms with van der Waals surface area (Å²) in [4.78, 5) is 23.3. The largest absolute Gasteiger partial charge is 0.469 e. The van der Waals surface area contributed by atoms with Crippen LogP contribution in [0.5, 0.6) is 0 Å². The first-order valence-corrected chi connectivity index (χ1v) is 5.08. The first kappa shape index (κ1) is 14.1. The maximum absolute atomic E-state index is 11.7. The number of ether oxygens (including phenoxy) is 1. The lowest BCUT2D eigenvalue weighted by molar-refractivity contribution is -0.158. The molecule has 0 rings (SSSR count). The first-order valence-electron chi connectivity index (χ1n) is 5.08. The van der Waals surface area contributed by atoms with Gasteiger partial charge in [0.05, 0.1) is 18.1 Å². The van der Waals surface area contributed by atoms with Crippen molar-refractivity contribution in [2.24, 2.45) is 5.41 Å². The Balaban J connectivity index is 5.24. The molecule has 0 aliphatic carbocycles. The molecule has 0 radical (unpaired) electrons. The van der Waals surface area contributed by atoms with Gasteiger partial charge in [0.2, 0.25) is 0 Å². The number of likely N-dealkylation sites (N-methyl/N-ethyl adjacent to an activating group) is 1. The Labute approximate surface area is 91.4 Å². The van der Waals surface area contributed by atoms with Crippen LogP contribution in [0.25, 0.3) is 0 Å². The minimum absolute atomic E-state index is 0.0697. The van der Waals surface area contributed by atoms with Crippen molar-refractivity contribution in [2.45, 2.75) is 40.2 Å². The van der Waals surface area contributed by atoms with E-state index < -0.39 is 11.0 Å². The minimum Gasteiger partial charge on any atom is -0.469 e. The number of ketones is 1. The molecule has 0 amide bonds. The van der Waals surface area contributed by atoms with Crippen molar-refractivity contribution in [3.63, 3.8) is 0 Å². The Bertz CT molecular complexity index is 261. The van der Waals surface area contributed by atoms with Gasteiger partial charge in [0.25, 0.3) is 0 Å². The van der Waals surface area contributed by atoms with E-state index in [9.17, 15) is 9.59 Å². The summed E-state index contributed by atoms with van der Waals surface area (Å²) in [5, 5.41) is 3.06. The van der Waals surface area contributed by atoms with Crippen LogP contribution in [0.2, 0.25) is 0 Å². The van der Waals surface area contributed by atoms with Crippen LogP contribution in [0, 0.1) is 5.41 Å². The molecule has 0 heterocycles. The molecule has 0 aliphatic rings. The molecule has 0 spiro atoms. The summed E-state index contributed by atoms with van der Waals surface area (Å²) < 4.78 is 4.73. The molecule has 4 heteroatoms. The van der Waals surface area contributed by atoms with E-state index in [4.69, 9.17) is 4.74 Å². The zero-order valence-electron chi connectivity index (χ0n) is 10.4. The Morgan fingerprint density at radius 3 is 2.00 bits per heavy atom. The predicted octanol–water partition coefficient (Wildman–Crippen LogP) is 1.14. The van der Waals surface area contributed by atoms with Gasteiger partial charge in [0.1, 0.15) is 0 Å². The van der Waals surface area contributed by atoms with E-state index in [2.05, 4.69) is 5.32 Å². The summed E-state index contributed by atoms with van der Waals surface area (Å²) in [5.41, 5.74) is -1.78. The molecule has 0 fully saturated rings. The third-order valence-electron chi connectivity index (χ3n) is 3.18. The van der Waals surface area contributed by atoms with Crippen LogP contribution in [-0.4, -0.2) is 30.9 Å². The van der Waals surface area contributed by atoms with Crippen LogP contribution in [-0.2, 0) is 14.3 Å². The highest BCUT2D eigenvalue weighted by Gasteiger charge is 2.50. The second-order valence-electron chi connectivity index (χ2n) is 4.33. The molecule has 88 valence electrons. The molecule has 0 aromatic rings. The van der Waals surface area contributed by atoms with Crippen molar-refractivity contribution in [3.05, 3.63) is 0 Å². The van der Waals surface area contributed by atoms with Gasteiger partial charge in [0, 0.05) is 0 Å². The van der Waals surface area contributed by atoms with E-state index in [0.29, 0.717) is 6.54 Å². The zero-order chi connectivity index (χ0) is 12.3. The lowest BCUT2D eigenvalue weighted by Crippen LogP contribution is -2.61. The van der Waals surface area contributed by atoms with Crippen LogP contribution in [0.4, 0.5) is 0 Å². The Morgan fingerprint density at radius 2 is 1.73 bits per heavy atom. The van der Waals surface area contributed by atoms with Gasteiger partial charge in [-0.2, -0.15) is 0 Å². The molecule has 0 saturated heterocycles. The van der Waals surface area contributed by atoms with Crippen molar-refractivity contribution in [2.75, 3.05) is 13.7 Å². The number of rotatable bonds is 5. The normalized spacial score (nSPS) is 15.6. The van der Waals surface area contributed by atoms with Crippen molar-refractivity contribution in [3.8, 4) is 0 Å². The second-order valence-corrected chi connectivity index (χ2v) is 4.33. The van der Waals surface area contributed by atoms with Crippen molar-refractivity contribution in [1.29, 1.82) is 0 Å². The van der Waals surface area contributed by atoms with Gasteiger partial charge in [-0.1, -0.05) is 6.92 Å². The summed E-state index contributed by atoms with van der Waals surface area (Å²) in [6.45, 7) is 9.15. The number of esters is 1. The number of methoxy groups -OCH3 is 1. The lowest BCUT2D eigenvalue weighted by atomic mass is 9.71. The summed E-state index contributed by atoms with van der Waals surface area (Å²) in [5.74, 6) is -0.457. The summed E-state index contributed by atoms with van der Waals surface area (Å²) in [7, 11) is 1.33. The summed E-state index contributed by atoms with van der Waals surface area (Å²) >= 11 is 0. The fraction of sp³-hybridized carbons (Fsp3) is 0.818. The second kappa shape index (κ2) is 4.75. The van der Waals surface area contributed by atoms with E-state index in [-0.39, 0.29) is 11.8 Å². The number of carbonyl (C=O) groups excluding carboxylic acids is 2. The monoisotopic (exact) mass is 215 g/mol. The van der Waals surface area contributed by atoms with Gasteiger partial charge in [-0.25, -0.2) is 0 Å². The first-order chi connectivity index (χ1) is 6.74. The van der Waals surface area contributed by atoms with Crippen molar-refractivity contribution in [1.82, 2.24) is 5.32 Å². The topological polar surface area (TPSA) is 55.4 Å². The fourth-order valence-electron chi connectivity index (χ4n) is 1.60. The molecule has 0 unspecified atom stereocenters. The standard InChI is InChI=1S/C11H21NO3/c1-7-12-11(5,8(2)13)10(3,4)9(14)15-6/h12H,7H2,1-6H3/t11-/m0/s1. The Kier molecular flexibility index (Phi) is 4.46. The van der Waals surface area contributed by atoms with E-state index in [1.807, 2.05) is 6.92 Å². The molecule has 1 atom stereocenters. The van der Waals surface area contributed by atoms with Crippen LogP contribution in [0.15, 0.2) is 0 Å². The van der Waals surface area contributed by atoms with Gasteiger partial charge < -0.3 is 10.1 Å². The van der Waals surface area contributed by atoms with Crippen LogP contribution in [0.1, 0.15) is 34.6 Å². The van der Waals surface area contributed by atoms with Gasteiger partial charge in [-0.05, 0) is 34.2 Å². The predicted molar refractivity (Wildman–Crippen MR) is 58.6 cm³/mol. The molecule has 0 aromatic heterocycles. The van der Waals surface area contributed by atoms with Gasteiger partial charge in [0.15, 0.2) is 5.78 Å². The van der Waals surface area contributed by atoms with E-state index in [0.717, 1.165) is 0 Å². The van der Waals surface area contributed by atoms with Crippen molar-refractivity contribution < 1.29 is 14.3 Å². The highest BCUT2D eigenvalue weighted by atomic mass is 16.5. The van der Waals surface area contributed by atoms with E-state index in [1.54, 1.807) is 20.8 Å². The third-order valence-corrected chi connectivity index (χ3v) is 3.18. The molecule has 1 N–H and O–H groups in total. The quantitative estimate of drug-likeness (QED) is 0.699. The number of hydrogen-bond acceptors (Lipinski definition) is 4. The number of Topliss-reactive ketones (excluding diaryl/α,β-unsaturated/α-hetero) is 1. The highest BCUT2D eigenvalue weighted by Crippen LogP contribution is 2.32. The molecule has 0 saturated carbocycles. The molecular weight excluding hydrogens is 194 g/mol. The third kappa shape index (κ3) is 2.37. The number of carbonyl (C=O) groups is 2.